The molecule has 1 aliphatic heterocycles. The van der Waals surface area contributed by atoms with Crippen molar-refractivity contribution in [2.45, 2.75) is 19.9 Å². The summed E-state index contributed by atoms with van der Waals surface area (Å²) in [5, 5.41) is 0. The Balaban J connectivity index is 2.62. The number of nitrogens with zero attached hydrogens (tertiary/aromatic N) is 3. The van der Waals surface area contributed by atoms with Crippen LogP contribution in [0, 0.1) is 5.41 Å². The molecule has 2 heterocycles. The molecule has 108 valence electrons. The van der Waals surface area contributed by atoms with Gasteiger partial charge in [0.05, 0.1) is 18.8 Å². The number of aliphatic imine (C=N–C) groups is 1. The summed E-state index contributed by atoms with van der Waals surface area (Å²) < 4.78 is 7.82. The molecular weight excluding hydrogens is 258 g/mol. The van der Waals surface area contributed by atoms with Gasteiger partial charge in [0.1, 0.15) is 5.82 Å². The molecule has 0 N–H and O–H groups in total. The monoisotopic (exact) mass is 277 g/mol. The largest absolute Gasteiger partial charge is 0.380 e. The minimum atomic E-state index is -0.386. The summed E-state index contributed by atoms with van der Waals surface area (Å²) in [4.78, 5) is 28.5. The maximum atomic E-state index is 12.4. The first kappa shape index (κ1) is 14.5. The first-order valence-electron chi connectivity index (χ1n) is 6.50. The predicted octanol–water partition coefficient (Wildman–Crippen LogP) is 0.949. The van der Waals surface area contributed by atoms with Gasteiger partial charge in [0.15, 0.2) is 0 Å². The van der Waals surface area contributed by atoms with Crippen LogP contribution < -0.4 is 11.2 Å². The Labute approximate surface area is 117 Å². The molecule has 6 nitrogen and oxygen atoms in total. The van der Waals surface area contributed by atoms with Crippen molar-refractivity contribution >= 4 is 18.6 Å². The number of aromatic nitrogens is 2. The van der Waals surface area contributed by atoms with Gasteiger partial charge >= 0.3 is 5.69 Å². The van der Waals surface area contributed by atoms with Crippen LogP contribution in [0.5, 0.6) is 0 Å². The van der Waals surface area contributed by atoms with Gasteiger partial charge in [-0.1, -0.05) is 19.6 Å². The Hall–Kier alpha value is -1.95. The predicted molar refractivity (Wildman–Crippen MR) is 78.8 cm³/mol. The fourth-order valence-corrected chi connectivity index (χ4v) is 2.42. The van der Waals surface area contributed by atoms with E-state index in [-0.39, 0.29) is 22.5 Å². The van der Waals surface area contributed by atoms with E-state index in [9.17, 15) is 9.59 Å². The van der Waals surface area contributed by atoms with Gasteiger partial charge in [-0.05, 0) is 13.1 Å². The van der Waals surface area contributed by atoms with Crippen molar-refractivity contribution in [3.8, 4) is 0 Å². The maximum absolute atomic E-state index is 12.4. The highest BCUT2D eigenvalue weighted by molar-refractivity contribution is 5.60. The second-order valence-electron chi connectivity index (χ2n) is 5.18. The summed E-state index contributed by atoms with van der Waals surface area (Å²) in [6.45, 7) is 10.6. The Morgan fingerprint density at radius 1 is 1.45 bits per heavy atom. The number of hydrogen-bond donors (Lipinski definition) is 0. The van der Waals surface area contributed by atoms with E-state index in [2.05, 4.69) is 18.3 Å². The summed E-state index contributed by atoms with van der Waals surface area (Å²) in [6.07, 6.45) is 2.27. The number of rotatable bonds is 5. The van der Waals surface area contributed by atoms with Crippen LogP contribution in [0.3, 0.4) is 0 Å². The lowest BCUT2D eigenvalue weighted by molar-refractivity contribution is -0.124. The first-order chi connectivity index (χ1) is 9.49. The van der Waals surface area contributed by atoms with E-state index in [0.29, 0.717) is 25.3 Å². The molecule has 2 rings (SSSR count). The molecule has 1 aliphatic rings. The third-order valence-corrected chi connectivity index (χ3v) is 3.97. The molecule has 1 aromatic rings. The van der Waals surface area contributed by atoms with Gasteiger partial charge in [-0.15, -0.1) is 0 Å². The van der Waals surface area contributed by atoms with E-state index < -0.39 is 0 Å². The van der Waals surface area contributed by atoms with Gasteiger partial charge in [0.2, 0.25) is 0 Å². The SMILES string of the molecule is C=Cc1c(N=C)n(C)c(=O)n(CC2(CC)COC2)c1=O. The van der Waals surface area contributed by atoms with Gasteiger partial charge in [-0.3, -0.25) is 13.9 Å². The molecule has 0 amide bonds. The molecule has 1 saturated heterocycles. The second-order valence-corrected chi connectivity index (χ2v) is 5.18. The number of hydrogen-bond acceptors (Lipinski definition) is 4. The van der Waals surface area contributed by atoms with E-state index in [1.807, 2.05) is 6.92 Å². The molecule has 0 aliphatic carbocycles. The molecule has 0 aromatic carbocycles. The van der Waals surface area contributed by atoms with Crippen molar-refractivity contribution < 1.29 is 4.74 Å². The van der Waals surface area contributed by atoms with Crippen molar-refractivity contribution in [2.75, 3.05) is 13.2 Å². The summed E-state index contributed by atoms with van der Waals surface area (Å²) in [6, 6.07) is 0. The van der Waals surface area contributed by atoms with Crippen LogP contribution in [0.2, 0.25) is 0 Å². The molecule has 0 saturated carbocycles. The highest BCUT2D eigenvalue weighted by Gasteiger charge is 2.38. The van der Waals surface area contributed by atoms with Gasteiger partial charge < -0.3 is 4.74 Å². The first-order valence-corrected chi connectivity index (χ1v) is 6.50. The van der Waals surface area contributed by atoms with Crippen LogP contribution in [-0.4, -0.2) is 29.1 Å². The van der Waals surface area contributed by atoms with Gasteiger partial charge in [0.25, 0.3) is 5.56 Å². The topological polar surface area (TPSA) is 65.6 Å². The van der Waals surface area contributed by atoms with E-state index in [4.69, 9.17) is 4.74 Å². The van der Waals surface area contributed by atoms with Crippen LogP contribution in [-0.2, 0) is 18.3 Å². The fraction of sp³-hybridized carbons (Fsp3) is 0.500. The van der Waals surface area contributed by atoms with Crippen LogP contribution >= 0.6 is 0 Å². The standard InChI is InChI=1S/C14H19N3O3/c1-5-10-11(15-3)16(4)13(19)17(12(10)18)7-14(6-2)8-20-9-14/h5H,1,3,6-9H2,2,4H3. The minimum Gasteiger partial charge on any atom is -0.380 e. The lowest BCUT2D eigenvalue weighted by Crippen LogP contribution is -2.51. The molecule has 0 atom stereocenters. The molecule has 1 aromatic heterocycles. The molecule has 20 heavy (non-hydrogen) atoms. The van der Waals surface area contributed by atoms with Crippen LogP contribution in [0.25, 0.3) is 6.08 Å². The van der Waals surface area contributed by atoms with E-state index >= 15 is 0 Å². The second kappa shape index (κ2) is 5.20. The van der Waals surface area contributed by atoms with Crippen molar-refractivity contribution in [1.82, 2.24) is 9.13 Å². The molecule has 1 fully saturated rings. The molecule has 0 bridgehead atoms. The van der Waals surface area contributed by atoms with Gasteiger partial charge in [0, 0.05) is 19.0 Å². The van der Waals surface area contributed by atoms with Gasteiger partial charge in [-0.25, -0.2) is 9.79 Å². The smallest absolute Gasteiger partial charge is 0.332 e. The zero-order valence-electron chi connectivity index (χ0n) is 11.9. The lowest BCUT2D eigenvalue weighted by Gasteiger charge is -2.40. The average Bonchev–Trinajstić information content (AvgIpc) is 2.41. The van der Waals surface area contributed by atoms with Crippen molar-refractivity contribution in [3.05, 3.63) is 33.0 Å². The lowest BCUT2D eigenvalue weighted by atomic mass is 9.83. The minimum absolute atomic E-state index is 0.127. The summed E-state index contributed by atoms with van der Waals surface area (Å²) >= 11 is 0. The highest BCUT2D eigenvalue weighted by atomic mass is 16.5. The van der Waals surface area contributed by atoms with Crippen molar-refractivity contribution in [1.29, 1.82) is 0 Å². The zero-order valence-corrected chi connectivity index (χ0v) is 11.9. The van der Waals surface area contributed by atoms with Gasteiger partial charge in [-0.2, -0.15) is 0 Å². The Kier molecular flexibility index (Phi) is 3.76. The van der Waals surface area contributed by atoms with Crippen LogP contribution in [0.1, 0.15) is 18.9 Å². The number of ether oxygens (including phenoxy) is 1. The van der Waals surface area contributed by atoms with Crippen LogP contribution in [0.4, 0.5) is 5.82 Å². The average molecular weight is 277 g/mol. The Morgan fingerprint density at radius 2 is 2.10 bits per heavy atom. The molecule has 0 unspecified atom stereocenters. The maximum Gasteiger partial charge on any atom is 0.332 e. The van der Waals surface area contributed by atoms with E-state index in [1.54, 1.807) is 7.05 Å². The quantitative estimate of drug-likeness (QED) is 0.753. The normalized spacial score (nSPS) is 16.5. The zero-order chi connectivity index (χ0) is 14.9. The summed E-state index contributed by atoms with van der Waals surface area (Å²) in [7, 11) is 1.57. The highest BCUT2D eigenvalue weighted by Crippen LogP contribution is 2.32. The molecule has 0 radical (unpaired) electrons. The van der Waals surface area contributed by atoms with E-state index in [0.717, 1.165) is 6.42 Å². The Bertz CT molecular complexity index is 660. The van der Waals surface area contributed by atoms with Crippen molar-refractivity contribution in [2.24, 2.45) is 17.5 Å². The summed E-state index contributed by atoms with van der Waals surface area (Å²) in [5.41, 5.74) is -0.584. The molecular formula is C14H19N3O3. The third kappa shape index (κ3) is 2.06. The fourth-order valence-electron chi connectivity index (χ4n) is 2.42. The molecule has 0 spiro atoms. The van der Waals surface area contributed by atoms with E-state index in [1.165, 1.54) is 15.2 Å². The third-order valence-electron chi connectivity index (χ3n) is 3.97. The van der Waals surface area contributed by atoms with Crippen LogP contribution in [0.15, 0.2) is 21.2 Å². The summed E-state index contributed by atoms with van der Waals surface area (Å²) in [5.74, 6) is 0.252. The molecule has 6 heteroatoms. The Morgan fingerprint density at radius 3 is 2.50 bits per heavy atom. The van der Waals surface area contributed by atoms with Crippen molar-refractivity contribution in [3.63, 3.8) is 0 Å².